The summed E-state index contributed by atoms with van der Waals surface area (Å²) in [7, 11) is 0. The molecule has 3 heteroatoms. The third-order valence-corrected chi connectivity index (χ3v) is 2.59. The van der Waals surface area contributed by atoms with Crippen LogP contribution in [0.3, 0.4) is 0 Å². The van der Waals surface area contributed by atoms with Crippen LogP contribution >= 0.6 is 0 Å². The summed E-state index contributed by atoms with van der Waals surface area (Å²) >= 11 is 0. The van der Waals surface area contributed by atoms with Crippen molar-refractivity contribution in [3.63, 3.8) is 0 Å². The van der Waals surface area contributed by atoms with Crippen LogP contribution in [0, 0.1) is 5.92 Å². The van der Waals surface area contributed by atoms with Gasteiger partial charge in [-0.15, -0.1) is 6.58 Å². The lowest BCUT2D eigenvalue weighted by Gasteiger charge is -2.33. The minimum atomic E-state index is 0.211. The Morgan fingerprint density at radius 1 is 1.47 bits per heavy atom. The normalized spacial score (nSPS) is 13.5. The van der Waals surface area contributed by atoms with E-state index in [9.17, 15) is 0 Å². The maximum absolute atomic E-state index is 9.02. The van der Waals surface area contributed by atoms with Gasteiger partial charge in [0.2, 0.25) is 0 Å². The number of nitrogens with one attached hydrogen (secondary N) is 1. The smallest absolute Gasteiger partial charge is 0.0558 e. The predicted molar refractivity (Wildman–Crippen MR) is 66.0 cm³/mol. The SMILES string of the molecule is C=CCN(CCO)C(CNCC)C(C)C. The van der Waals surface area contributed by atoms with Crippen LogP contribution in [-0.2, 0) is 0 Å². The van der Waals surface area contributed by atoms with Crippen molar-refractivity contribution >= 4 is 0 Å². The average Bonchev–Trinajstić information content (AvgIpc) is 2.18. The van der Waals surface area contributed by atoms with Crippen molar-refractivity contribution in [1.82, 2.24) is 10.2 Å². The number of hydrogen-bond acceptors (Lipinski definition) is 3. The molecule has 0 heterocycles. The van der Waals surface area contributed by atoms with Gasteiger partial charge in [-0.05, 0) is 12.5 Å². The van der Waals surface area contributed by atoms with Crippen molar-refractivity contribution in [3.05, 3.63) is 12.7 Å². The minimum Gasteiger partial charge on any atom is -0.395 e. The fourth-order valence-electron chi connectivity index (χ4n) is 1.77. The lowest BCUT2D eigenvalue weighted by molar-refractivity contribution is 0.133. The number of nitrogens with zero attached hydrogens (tertiary/aromatic N) is 1. The topological polar surface area (TPSA) is 35.5 Å². The van der Waals surface area contributed by atoms with Gasteiger partial charge in [-0.2, -0.15) is 0 Å². The van der Waals surface area contributed by atoms with E-state index < -0.39 is 0 Å². The Morgan fingerprint density at radius 3 is 2.53 bits per heavy atom. The van der Waals surface area contributed by atoms with Crippen LogP contribution in [0.5, 0.6) is 0 Å². The number of rotatable bonds is 9. The zero-order chi connectivity index (χ0) is 11.7. The highest BCUT2D eigenvalue weighted by Crippen LogP contribution is 2.09. The zero-order valence-electron chi connectivity index (χ0n) is 10.4. The second kappa shape index (κ2) is 8.89. The molecule has 0 aliphatic carbocycles. The van der Waals surface area contributed by atoms with Crippen molar-refractivity contribution in [2.45, 2.75) is 26.8 Å². The van der Waals surface area contributed by atoms with Gasteiger partial charge in [0, 0.05) is 25.7 Å². The van der Waals surface area contributed by atoms with Gasteiger partial charge in [-0.1, -0.05) is 26.8 Å². The van der Waals surface area contributed by atoms with E-state index >= 15 is 0 Å². The fraction of sp³-hybridized carbons (Fsp3) is 0.833. The summed E-state index contributed by atoms with van der Waals surface area (Å²) in [5.74, 6) is 0.579. The standard InChI is InChI=1S/C12H26N2O/c1-5-7-14(8-9-15)12(11(3)4)10-13-6-2/h5,11-13,15H,1,6-10H2,2-4H3. The Morgan fingerprint density at radius 2 is 2.13 bits per heavy atom. The third kappa shape index (κ3) is 5.92. The molecule has 0 rings (SSSR count). The fourth-order valence-corrected chi connectivity index (χ4v) is 1.77. The van der Waals surface area contributed by atoms with Crippen LogP contribution in [0.4, 0.5) is 0 Å². The summed E-state index contributed by atoms with van der Waals surface area (Å²) in [6, 6.07) is 0.468. The lowest BCUT2D eigenvalue weighted by atomic mass is 10.0. The first kappa shape index (κ1) is 14.6. The van der Waals surface area contributed by atoms with Gasteiger partial charge in [0.25, 0.3) is 0 Å². The number of aliphatic hydroxyl groups is 1. The van der Waals surface area contributed by atoms with E-state index in [0.29, 0.717) is 12.0 Å². The predicted octanol–water partition coefficient (Wildman–Crippen LogP) is 1.10. The highest BCUT2D eigenvalue weighted by molar-refractivity contribution is 4.82. The first-order chi connectivity index (χ1) is 7.17. The molecule has 1 unspecified atom stereocenters. The van der Waals surface area contributed by atoms with E-state index in [0.717, 1.165) is 26.2 Å². The molecule has 0 fully saturated rings. The molecule has 90 valence electrons. The van der Waals surface area contributed by atoms with Gasteiger partial charge in [-0.3, -0.25) is 4.90 Å². The number of aliphatic hydroxyl groups excluding tert-OH is 1. The van der Waals surface area contributed by atoms with Crippen LogP contribution in [0.1, 0.15) is 20.8 Å². The quantitative estimate of drug-likeness (QED) is 0.564. The molecule has 0 amide bonds. The van der Waals surface area contributed by atoms with Gasteiger partial charge in [-0.25, -0.2) is 0 Å². The van der Waals surface area contributed by atoms with Crippen LogP contribution in [-0.4, -0.2) is 48.8 Å². The van der Waals surface area contributed by atoms with Gasteiger partial charge in [0.1, 0.15) is 0 Å². The number of likely N-dealkylation sites (N-methyl/N-ethyl adjacent to an activating group) is 1. The third-order valence-electron chi connectivity index (χ3n) is 2.59. The molecule has 0 aromatic rings. The lowest BCUT2D eigenvalue weighted by Crippen LogP contribution is -2.46. The highest BCUT2D eigenvalue weighted by Gasteiger charge is 2.19. The van der Waals surface area contributed by atoms with E-state index in [4.69, 9.17) is 5.11 Å². The summed E-state index contributed by atoms with van der Waals surface area (Å²) in [5, 5.41) is 12.4. The van der Waals surface area contributed by atoms with Crippen LogP contribution in [0.15, 0.2) is 12.7 Å². The van der Waals surface area contributed by atoms with Gasteiger partial charge in [0.15, 0.2) is 0 Å². The molecule has 0 aliphatic heterocycles. The summed E-state index contributed by atoms with van der Waals surface area (Å²) in [5.41, 5.74) is 0. The Bertz CT molecular complexity index is 160. The molecule has 0 aromatic carbocycles. The molecule has 2 N–H and O–H groups in total. The first-order valence-corrected chi connectivity index (χ1v) is 5.83. The van der Waals surface area contributed by atoms with E-state index in [2.05, 4.69) is 37.6 Å². The molecule has 0 aromatic heterocycles. The van der Waals surface area contributed by atoms with Crippen LogP contribution in [0.25, 0.3) is 0 Å². The van der Waals surface area contributed by atoms with Crippen LogP contribution in [0.2, 0.25) is 0 Å². The average molecular weight is 214 g/mol. The second-order valence-electron chi connectivity index (χ2n) is 4.13. The summed E-state index contributed by atoms with van der Waals surface area (Å²) in [6.07, 6.45) is 1.90. The van der Waals surface area contributed by atoms with E-state index in [1.165, 1.54) is 0 Å². The Hall–Kier alpha value is -0.380. The van der Waals surface area contributed by atoms with Crippen LogP contribution < -0.4 is 5.32 Å². The summed E-state index contributed by atoms with van der Waals surface area (Å²) in [6.45, 7) is 14.0. The Kier molecular flexibility index (Phi) is 8.67. The maximum Gasteiger partial charge on any atom is 0.0558 e. The zero-order valence-corrected chi connectivity index (χ0v) is 10.4. The molecule has 0 saturated carbocycles. The molecule has 0 aliphatic rings. The van der Waals surface area contributed by atoms with Crippen molar-refractivity contribution in [2.75, 3.05) is 32.8 Å². The van der Waals surface area contributed by atoms with E-state index in [-0.39, 0.29) is 6.61 Å². The monoisotopic (exact) mass is 214 g/mol. The number of hydrogen-bond donors (Lipinski definition) is 2. The Labute approximate surface area is 94.2 Å². The molecule has 0 radical (unpaired) electrons. The van der Waals surface area contributed by atoms with Crippen molar-refractivity contribution in [2.24, 2.45) is 5.92 Å². The molecule has 3 nitrogen and oxygen atoms in total. The minimum absolute atomic E-state index is 0.211. The van der Waals surface area contributed by atoms with E-state index in [1.54, 1.807) is 0 Å². The molecule has 0 saturated heterocycles. The Balaban J connectivity index is 4.29. The second-order valence-corrected chi connectivity index (χ2v) is 4.13. The molecule has 0 bridgehead atoms. The maximum atomic E-state index is 9.02. The van der Waals surface area contributed by atoms with Gasteiger partial charge in [0.05, 0.1) is 6.61 Å². The summed E-state index contributed by atoms with van der Waals surface area (Å²) < 4.78 is 0. The molecular formula is C12H26N2O. The largest absolute Gasteiger partial charge is 0.395 e. The highest BCUT2D eigenvalue weighted by atomic mass is 16.3. The first-order valence-electron chi connectivity index (χ1n) is 5.83. The van der Waals surface area contributed by atoms with Gasteiger partial charge < -0.3 is 10.4 Å². The molecule has 1 atom stereocenters. The van der Waals surface area contributed by atoms with Crippen molar-refractivity contribution in [3.8, 4) is 0 Å². The van der Waals surface area contributed by atoms with Crippen molar-refractivity contribution in [1.29, 1.82) is 0 Å². The van der Waals surface area contributed by atoms with Gasteiger partial charge >= 0.3 is 0 Å². The summed E-state index contributed by atoms with van der Waals surface area (Å²) in [4.78, 5) is 2.28. The molecule has 0 spiro atoms. The molecular weight excluding hydrogens is 188 g/mol. The van der Waals surface area contributed by atoms with Crippen molar-refractivity contribution < 1.29 is 5.11 Å². The molecule has 15 heavy (non-hydrogen) atoms. The van der Waals surface area contributed by atoms with E-state index in [1.807, 2.05) is 6.08 Å².